The summed E-state index contributed by atoms with van der Waals surface area (Å²) in [6, 6.07) is 6.90. The van der Waals surface area contributed by atoms with Crippen LogP contribution in [-0.4, -0.2) is 32.7 Å². The quantitative estimate of drug-likeness (QED) is 0.685. The van der Waals surface area contributed by atoms with Crippen molar-refractivity contribution >= 4 is 23.4 Å². The number of rotatable bonds is 6. The van der Waals surface area contributed by atoms with E-state index in [1.165, 1.54) is 7.11 Å². The highest BCUT2D eigenvalue weighted by Gasteiger charge is 2.04. The highest BCUT2D eigenvalue weighted by molar-refractivity contribution is 5.92. The maximum atomic E-state index is 11.6. The molecule has 0 bridgehead atoms. The second-order valence-corrected chi connectivity index (χ2v) is 3.95. The Kier molecular flexibility index (Phi) is 6.38. The van der Waals surface area contributed by atoms with Gasteiger partial charge in [-0.15, -0.1) is 0 Å². The minimum absolute atomic E-state index is 0.0505. The third kappa shape index (κ3) is 5.87. The number of benzene rings is 1. The number of hydrogen-bond acceptors (Lipinski definition) is 4. The maximum absolute atomic E-state index is 11.6. The highest BCUT2D eigenvalue weighted by atomic mass is 16.5. The molecule has 0 saturated heterocycles. The van der Waals surface area contributed by atoms with Gasteiger partial charge < -0.3 is 15.4 Å². The van der Waals surface area contributed by atoms with Gasteiger partial charge in [-0.25, -0.2) is 4.79 Å². The highest BCUT2D eigenvalue weighted by Crippen LogP contribution is 2.15. The van der Waals surface area contributed by atoms with Crippen LogP contribution >= 0.6 is 0 Å². The number of nitrogens with one attached hydrogen (secondary N) is 3. The van der Waals surface area contributed by atoms with E-state index in [1.807, 2.05) is 7.05 Å². The van der Waals surface area contributed by atoms with E-state index in [-0.39, 0.29) is 5.91 Å². The molecule has 0 saturated carbocycles. The van der Waals surface area contributed by atoms with E-state index in [2.05, 4.69) is 20.7 Å². The summed E-state index contributed by atoms with van der Waals surface area (Å²) < 4.78 is 4.50. The average Bonchev–Trinajstić information content (AvgIpc) is 2.39. The van der Waals surface area contributed by atoms with E-state index in [0.717, 1.165) is 13.0 Å². The SMILES string of the molecule is CNCCCC(=O)Nc1cccc(NC(=O)OC)c1. The lowest BCUT2D eigenvalue weighted by Gasteiger charge is -2.08. The molecule has 6 heteroatoms. The molecule has 0 aliphatic heterocycles. The zero-order valence-electron chi connectivity index (χ0n) is 11.2. The minimum atomic E-state index is -0.544. The Morgan fingerprint density at radius 2 is 1.89 bits per heavy atom. The molecule has 0 aromatic heterocycles. The molecule has 0 heterocycles. The zero-order valence-corrected chi connectivity index (χ0v) is 11.2. The fourth-order valence-corrected chi connectivity index (χ4v) is 1.49. The lowest BCUT2D eigenvalue weighted by atomic mass is 10.2. The molecule has 1 aromatic rings. The van der Waals surface area contributed by atoms with Crippen molar-refractivity contribution in [2.24, 2.45) is 0 Å². The van der Waals surface area contributed by atoms with Gasteiger partial charge in [0.1, 0.15) is 0 Å². The second kappa shape index (κ2) is 8.10. The van der Waals surface area contributed by atoms with Crippen LogP contribution in [0.15, 0.2) is 24.3 Å². The van der Waals surface area contributed by atoms with Crippen molar-refractivity contribution in [1.82, 2.24) is 5.32 Å². The predicted molar refractivity (Wildman–Crippen MR) is 74.3 cm³/mol. The summed E-state index contributed by atoms with van der Waals surface area (Å²) in [6.07, 6.45) is 0.690. The molecule has 0 unspecified atom stereocenters. The van der Waals surface area contributed by atoms with Gasteiger partial charge in [0.05, 0.1) is 7.11 Å². The van der Waals surface area contributed by atoms with Crippen molar-refractivity contribution in [2.75, 3.05) is 31.3 Å². The van der Waals surface area contributed by atoms with Gasteiger partial charge in [0.25, 0.3) is 0 Å². The largest absolute Gasteiger partial charge is 0.453 e. The molecule has 6 nitrogen and oxygen atoms in total. The number of hydrogen-bond donors (Lipinski definition) is 3. The summed E-state index contributed by atoms with van der Waals surface area (Å²) in [5, 5.41) is 8.29. The van der Waals surface area contributed by atoms with Gasteiger partial charge in [-0.05, 0) is 38.2 Å². The van der Waals surface area contributed by atoms with Gasteiger partial charge in [0.2, 0.25) is 5.91 Å². The van der Waals surface area contributed by atoms with Crippen molar-refractivity contribution < 1.29 is 14.3 Å². The third-order valence-corrected chi connectivity index (χ3v) is 2.41. The van der Waals surface area contributed by atoms with Crippen molar-refractivity contribution in [2.45, 2.75) is 12.8 Å². The van der Waals surface area contributed by atoms with Crippen molar-refractivity contribution in [3.8, 4) is 0 Å². The number of amides is 2. The first-order chi connectivity index (χ1) is 9.15. The molecule has 0 aliphatic rings. The molecule has 0 radical (unpaired) electrons. The molecule has 2 amide bonds. The summed E-state index contributed by atoms with van der Waals surface area (Å²) in [6.45, 7) is 0.803. The van der Waals surface area contributed by atoms with Crippen molar-refractivity contribution in [3.05, 3.63) is 24.3 Å². The van der Waals surface area contributed by atoms with Gasteiger partial charge in [-0.3, -0.25) is 10.1 Å². The monoisotopic (exact) mass is 265 g/mol. The van der Waals surface area contributed by atoms with Crippen molar-refractivity contribution in [1.29, 1.82) is 0 Å². The summed E-state index contributed by atoms with van der Waals surface area (Å²) in [5.74, 6) is -0.0505. The van der Waals surface area contributed by atoms with Gasteiger partial charge in [0, 0.05) is 17.8 Å². The molecule has 1 rings (SSSR count). The Morgan fingerprint density at radius 1 is 1.21 bits per heavy atom. The first-order valence-electron chi connectivity index (χ1n) is 6.05. The molecule has 0 atom stereocenters. The normalized spacial score (nSPS) is 9.79. The van der Waals surface area contributed by atoms with E-state index in [1.54, 1.807) is 24.3 Å². The van der Waals surface area contributed by atoms with E-state index in [9.17, 15) is 9.59 Å². The Hall–Kier alpha value is -2.08. The predicted octanol–water partition coefficient (Wildman–Crippen LogP) is 1.80. The molecular weight excluding hydrogens is 246 g/mol. The van der Waals surface area contributed by atoms with E-state index >= 15 is 0 Å². The average molecular weight is 265 g/mol. The lowest BCUT2D eigenvalue weighted by Crippen LogP contribution is -2.15. The molecular formula is C13H19N3O3. The first kappa shape index (κ1) is 15.0. The number of ether oxygens (including phenoxy) is 1. The minimum Gasteiger partial charge on any atom is -0.453 e. The molecule has 3 N–H and O–H groups in total. The number of methoxy groups -OCH3 is 1. The van der Waals surface area contributed by atoms with Crippen molar-refractivity contribution in [3.63, 3.8) is 0 Å². The molecule has 0 fully saturated rings. The molecule has 0 aliphatic carbocycles. The number of carbonyl (C=O) groups excluding carboxylic acids is 2. The smallest absolute Gasteiger partial charge is 0.411 e. The fourth-order valence-electron chi connectivity index (χ4n) is 1.49. The van der Waals surface area contributed by atoms with E-state index in [4.69, 9.17) is 0 Å². The van der Waals surface area contributed by atoms with Gasteiger partial charge >= 0.3 is 6.09 Å². The van der Waals surface area contributed by atoms with Crippen LogP contribution in [0.3, 0.4) is 0 Å². The van der Waals surface area contributed by atoms with Crippen LogP contribution in [0.4, 0.5) is 16.2 Å². The van der Waals surface area contributed by atoms with Crippen LogP contribution in [-0.2, 0) is 9.53 Å². The van der Waals surface area contributed by atoms with Crippen LogP contribution in [0, 0.1) is 0 Å². The topological polar surface area (TPSA) is 79.5 Å². The third-order valence-electron chi connectivity index (χ3n) is 2.41. The molecule has 19 heavy (non-hydrogen) atoms. The van der Waals surface area contributed by atoms with Crippen LogP contribution in [0.2, 0.25) is 0 Å². The zero-order chi connectivity index (χ0) is 14.1. The first-order valence-corrected chi connectivity index (χ1v) is 6.05. The van der Waals surface area contributed by atoms with Crippen LogP contribution < -0.4 is 16.0 Å². The van der Waals surface area contributed by atoms with Gasteiger partial charge in [-0.1, -0.05) is 6.07 Å². The van der Waals surface area contributed by atoms with Gasteiger partial charge in [0.15, 0.2) is 0 Å². The Balaban J connectivity index is 2.52. The molecule has 1 aromatic carbocycles. The van der Waals surface area contributed by atoms with E-state index < -0.39 is 6.09 Å². The number of anilines is 2. The van der Waals surface area contributed by atoms with Crippen LogP contribution in [0.1, 0.15) is 12.8 Å². The standard InChI is InChI=1S/C13H19N3O3/c1-14-8-4-7-12(17)15-10-5-3-6-11(9-10)16-13(18)19-2/h3,5-6,9,14H,4,7-8H2,1-2H3,(H,15,17)(H,16,18). The maximum Gasteiger partial charge on any atom is 0.411 e. The number of carbonyl (C=O) groups is 2. The molecule has 0 spiro atoms. The Labute approximate surface area is 112 Å². The van der Waals surface area contributed by atoms with Crippen LogP contribution in [0.5, 0.6) is 0 Å². The Bertz CT molecular complexity index is 435. The summed E-state index contributed by atoms with van der Waals surface area (Å²) in [5.41, 5.74) is 1.21. The molecule has 104 valence electrons. The Morgan fingerprint density at radius 3 is 2.53 bits per heavy atom. The fraction of sp³-hybridized carbons (Fsp3) is 0.385. The van der Waals surface area contributed by atoms with Gasteiger partial charge in [-0.2, -0.15) is 0 Å². The van der Waals surface area contributed by atoms with E-state index in [0.29, 0.717) is 17.8 Å². The van der Waals surface area contributed by atoms with Crippen LogP contribution in [0.25, 0.3) is 0 Å². The summed E-state index contributed by atoms with van der Waals surface area (Å²) >= 11 is 0. The second-order valence-electron chi connectivity index (χ2n) is 3.95. The summed E-state index contributed by atoms with van der Waals surface area (Å²) in [4.78, 5) is 22.7. The summed E-state index contributed by atoms with van der Waals surface area (Å²) in [7, 11) is 3.14. The lowest BCUT2D eigenvalue weighted by molar-refractivity contribution is -0.116.